The van der Waals surface area contributed by atoms with Crippen molar-refractivity contribution in [1.82, 2.24) is 5.43 Å². The first-order valence-corrected chi connectivity index (χ1v) is 7.26. The number of rotatable bonds is 3. The summed E-state index contributed by atoms with van der Waals surface area (Å²) >= 11 is 8.55. The number of hydrogen-bond donors (Lipinski definition) is 2. The van der Waals surface area contributed by atoms with E-state index >= 15 is 0 Å². The summed E-state index contributed by atoms with van der Waals surface area (Å²) in [5.74, 6) is 0. The number of nitrogens with zero attached hydrogens (tertiary/aromatic N) is 1. The number of thiocarbonyl (C=S) groups is 1. The summed E-state index contributed by atoms with van der Waals surface area (Å²) in [6.45, 7) is 2.04. The summed E-state index contributed by atoms with van der Waals surface area (Å²) in [7, 11) is 0. The summed E-state index contributed by atoms with van der Waals surface area (Å²) in [5, 5.41) is 7.61. The molecular weight excluding hydrogens is 334 g/mol. The van der Waals surface area contributed by atoms with Crippen molar-refractivity contribution < 1.29 is 0 Å². The molecule has 2 aromatic rings. The highest BCUT2D eigenvalue weighted by Crippen LogP contribution is 2.09. The van der Waals surface area contributed by atoms with Crippen molar-refractivity contribution in [3.63, 3.8) is 0 Å². The lowest BCUT2D eigenvalue weighted by Gasteiger charge is -2.06. The Balaban J connectivity index is 1.85. The van der Waals surface area contributed by atoms with Crippen molar-refractivity contribution in [2.24, 2.45) is 5.10 Å². The Labute approximate surface area is 132 Å². The quantitative estimate of drug-likeness (QED) is 0.499. The number of halogens is 1. The number of nitrogens with one attached hydrogen (secondary N) is 2. The smallest absolute Gasteiger partial charge is 0.191 e. The van der Waals surface area contributed by atoms with Crippen LogP contribution in [0.1, 0.15) is 11.1 Å². The molecule has 0 heterocycles. The molecule has 0 unspecified atom stereocenters. The number of benzene rings is 2. The van der Waals surface area contributed by atoms with E-state index in [4.69, 9.17) is 12.2 Å². The minimum Gasteiger partial charge on any atom is -0.331 e. The maximum Gasteiger partial charge on any atom is 0.191 e. The maximum atomic E-state index is 5.16. The van der Waals surface area contributed by atoms with Gasteiger partial charge in [-0.3, -0.25) is 5.43 Å². The van der Waals surface area contributed by atoms with Gasteiger partial charge in [-0.25, -0.2) is 0 Å². The van der Waals surface area contributed by atoms with E-state index in [1.165, 1.54) is 5.56 Å². The second-order valence-corrected chi connectivity index (χ2v) is 5.57. The molecule has 3 nitrogen and oxygen atoms in total. The molecule has 2 N–H and O–H groups in total. The topological polar surface area (TPSA) is 36.4 Å². The summed E-state index contributed by atoms with van der Waals surface area (Å²) < 4.78 is 1.04. The molecule has 0 aliphatic heterocycles. The van der Waals surface area contributed by atoms with Crippen LogP contribution in [0.5, 0.6) is 0 Å². The largest absolute Gasteiger partial charge is 0.331 e. The molecular formula is C15H14BrN3S. The van der Waals surface area contributed by atoms with Gasteiger partial charge in [0.15, 0.2) is 5.11 Å². The SMILES string of the molecule is Cc1ccc(NC(=S)N/N=C/c2ccc(Br)cc2)cc1. The van der Waals surface area contributed by atoms with Crippen molar-refractivity contribution in [3.8, 4) is 0 Å². The lowest BCUT2D eigenvalue weighted by atomic mass is 10.2. The minimum absolute atomic E-state index is 0.460. The van der Waals surface area contributed by atoms with Crippen molar-refractivity contribution >= 4 is 45.2 Å². The summed E-state index contributed by atoms with van der Waals surface area (Å²) in [4.78, 5) is 0. The molecule has 0 bridgehead atoms. The Hall–Kier alpha value is -1.72. The highest BCUT2D eigenvalue weighted by Gasteiger charge is 1.95. The number of aryl methyl sites for hydroxylation is 1. The Morgan fingerprint density at radius 2 is 1.75 bits per heavy atom. The van der Waals surface area contributed by atoms with Gasteiger partial charge in [-0.1, -0.05) is 45.8 Å². The van der Waals surface area contributed by atoms with Gasteiger partial charge in [0, 0.05) is 10.2 Å². The van der Waals surface area contributed by atoms with E-state index in [-0.39, 0.29) is 0 Å². The lowest BCUT2D eigenvalue weighted by molar-refractivity contribution is 1.05. The average molecular weight is 348 g/mol. The van der Waals surface area contributed by atoms with Gasteiger partial charge in [0.1, 0.15) is 0 Å². The lowest BCUT2D eigenvalue weighted by Crippen LogP contribution is -2.23. The minimum atomic E-state index is 0.460. The monoisotopic (exact) mass is 347 g/mol. The van der Waals surface area contributed by atoms with E-state index in [9.17, 15) is 0 Å². The van der Waals surface area contributed by atoms with Gasteiger partial charge in [-0.05, 0) is 49.0 Å². The zero-order chi connectivity index (χ0) is 14.4. The van der Waals surface area contributed by atoms with E-state index in [0.717, 1.165) is 15.7 Å². The van der Waals surface area contributed by atoms with E-state index in [1.54, 1.807) is 6.21 Å². The molecule has 0 atom stereocenters. The fourth-order valence-corrected chi connectivity index (χ4v) is 1.95. The standard InChI is InChI=1S/C15H14BrN3S/c1-11-2-8-14(9-3-11)18-15(20)19-17-10-12-4-6-13(16)7-5-12/h2-10H,1H3,(H2,18,19,20)/b17-10+. The zero-order valence-corrected chi connectivity index (χ0v) is 13.3. The number of anilines is 1. The highest BCUT2D eigenvalue weighted by atomic mass is 79.9. The van der Waals surface area contributed by atoms with Gasteiger partial charge >= 0.3 is 0 Å². The molecule has 0 saturated carbocycles. The Bertz CT molecular complexity index is 606. The van der Waals surface area contributed by atoms with Crippen LogP contribution in [0.15, 0.2) is 58.1 Å². The number of hydrazone groups is 1. The average Bonchev–Trinajstić information content (AvgIpc) is 2.44. The van der Waals surface area contributed by atoms with Crippen molar-refractivity contribution in [2.75, 3.05) is 5.32 Å². The van der Waals surface area contributed by atoms with Gasteiger partial charge in [0.2, 0.25) is 0 Å². The highest BCUT2D eigenvalue weighted by molar-refractivity contribution is 9.10. The molecule has 0 spiro atoms. The van der Waals surface area contributed by atoms with Crippen LogP contribution >= 0.6 is 28.1 Å². The Morgan fingerprint density at radius 3 is 2.40 bits per heavy atom. The van der Waals surface area contributed by atoms with Crippen molar-refractivity contribution in [3.05, 3.63) is 64.1 Å². The molecule has 0 aromatic heterocycles. The molecule has 0 fully saturated rings. The third-order valence-corrected chi connectivity index (χ3v) is 3.28. The number of hydrogen-bond acceptors (Lipinski definition) is 2. The summed E-state index contributed by atoms with van der Waals surface area (Å²) in [6.07, 6.45) is 1.72. The van der Waals surface area contributed by atoms with Gasteiger partial charge in [0.05, 0.1) is 6.21 Å². The Morgan fingerprint density at radius 1 is 1.10 bits per heavy atom. The first-order valence-electron chi connectivity index (χ1n) is 6.06. The first-order chi connectivity index (χ1) is 9.63. The van der Waals surface area contributed by atoms with E-state index in [1.807, 2.05) is 55.5 Å². The fraction of sp³-hybridized carbons (Fsp3) is 0.0667. The van der Waals surface area contributed by atoms with E-state index < -0.39 is 0 Å². The predicted octanol–water partition coefficient (Wildman–Crippen LogP) is 4.08. The van der Waals surface area contributed by atoms with Crippen molar-refractivity contribution in [2.45, 2.75) is 6.92 Å². The van der Waals surface area contributed by atoms with E-state index in [0.29, 0.717) is 5.11 Å². The van der Waals surface area contributed by atoms with Crippen LogP contribution in [0.3, 0.4) is 0 Å². The Kier molecular flexibility index (Phi) is 5.26. The molecule has 0 radical (unpaired) electrons. The molecule has 0 amide bonds. The third kappa shape index (κ3) is 4.75. The molecule has 0 aliphatic rings. The van der Waals surface area contributed by atoms with Gasteiger partial charge in [0.25, 0.3) is 0 Å². The molecule has 0 aliphatic carbocycles. The van der Waals surface area contributed by atoms with Crippen LogP contribution in [0.2, 0.25) is 0 Å². The molecule has 2 aromatic carbocycles. The molecule has 102 valence electrons. The van der Waals surface area contributed by atoms with Crippen LogP contribution in [-0.2, 0) is 0 Å². The zero-order valence-electron chi connectivity index (χ0n) is 10.9. The van der Waals surface area contributed by atoms with Gasteiger partial charge in [-0.15, -0.1) is 0 Å². The second-order valence-electron chi connectivity index (χ2n) is 4.24. The van der Waals surface area contributed by atoms with Crippen LogP contribution in [-0.4, -0.2) is 11.3 Å². The predicted molar refractivity (Wildman–Crippen MR) is 92.3 cm³/mol. The van der Waals surface area contributed by atoms with Gasteiger partial charge in [-0.2, -0.15) is 5.10 Å². The molecule has 2 rings (SSSR count). The van der Waals surface area contributed by atoms with Crippen LogP contribution in [0, 0.1) is 6.92 Å². The summed E-state index contributed by atoms with van der Waals surface area (Å²) in [6, 6.07) is 15.8. The van der Waals surface area contributed by atoms with Crippen LogP contribution < -0.4 is 10.7 Å². The van der Waals surface area contributed by atoms with Crippen molar-refractivity contribution in [1.29, 1.82) is 0 Å². The summed E-state index contributed by atoms with van der Waals surface area (Å²) in [5.41, 5.74) is 5.93. The first kappa shape index (κ1) is 14.7. The normalized spacial score (nSPS) is 10.5. The van der Waals surface area contributed by atoms with Crippen LogP contribution in [0.4, 0.5) is 5.69 Å². The fourth-order valence-electron chi connectivity index (χ4n) is 1.51. The molecule has 5 heteroatoms. The second kappa shape index (κ2) is 7.17. The third-order valence-electron chi connectivity index (χ3n) is 2.56. The maximum absolute atomic E-state index is 5.16. The molecule has 20 heavy (non-hydrogen) atoms. The molecule has 0 saturated heterocycles. The van der Waals surface area contributed by atoms with Crippen LogP contribution in [0.25, 0.3) is 0 Å². The van der Waals surface area contributed by atoms with E-state index in [2.05, 4.69) is 31.8 Å². The van der Waals surface area contributed by atoms with Gasteiger partial charge < -0.3 is 5.32 Å².